The molecule has 0 atom stereocenters. The largest absolute Gasteiger partial charge is 0.0778 e. The summed E-state index contributed by atoms with van der Waals surface area (Å²) in [6.07, 6.45) is 9.99. The number of allylic oxidation sites excluding steroid dienone is 6. The molecule has 0 N–H and O–H groups in total. The molecule has 2 aromatic carbocycles. The zero-order chi connectivity index (χ0) is 12.4. The molecule has 0 saturated heterocycles. The summed E-state index contributed by atoms with van der Waals surface area (Å²) in [5.74, 6) is 0. The molecule has 1 aliphatic rings. The molecular formula is C18H16. The van der Waals surface area contributed by atoms with Crippen LogP contribution in [-0.4, -0.2) is 0 Å². The van der Waals surface area contributed by atoms with E-state index in [0.717, 1.165) is 6.42 Å². The lowest BCUT2D eigenvalue weighted by Crippen LogP contribution is -1.84. The summed E-state index contributed by atoms with van der Waals surface area (Å²) in [6, 6.07) is 15.1. The maximum atomic E-state index is 2.30. The minimum atomic E-state index is 1.01. The van der Waals surface area contributed by atoms with Gasteiger partial charge in [0, 0.05) is 0 Å². The van der Waals surface area contributed by atoms with E-state index in [0.29, 0.717) is 0 Å². The van der Waals surface area contributed by atoms with Crippen LogP contribution in [0.1, 0.15) is 18.9 Å². The Morgan fingerprint density at radius 2 is 1.67 bits per heavy atom. The van der Waals surface area contributed by atoms with Crippen LogP contribution in [-0.2, 0) is 0 Å². The quantitative estimate of drug-likeness (QED) is 0.639. The molecule has 1 aliphatic carbocycles. The molecule has 0 fully saturated rings. The monoisotopic (exact) mass is 232 g/mol. The zero-order valence-electron chi connectivity index (χ0n) is 10.6. The molecule has 0 aliphatic heterocycles. The van der Waals surface area contributed by atoms with Crippen LogP contribution in [0.3, 0.4) is 0 Å². The SMILES string of the molecule is CC1=CCC=C(c2cccc3ccccc23)C=C1. The summed E-state index contributed by atoms with van der Waals surface area (Å²) < 4.78 is 0. The highest BCUT2D eigenvalue weighted by atomic mass is 14.1. The highest BCUT2D eigenvalue weighted by Crippen LogP contribution is 2.27. The van der Waals surface area contributed by atoms with Crippen molar-refractivity contribution in [3.8, 4) is 0 Å². The van der Waals surface area contributed by atoms with Crippen LogP contribution < -0.4 is 0 Å². The second-order valence-electron chi connectivity index (χ2n) is 4.70. The van der Waals surface area contributed by atoms with Gasteiger partial charge in [-0.2, -0.15) is 0 Å². The number of hydrogen-bond donors (Lipinski definition) is 0. The van der Waals surface area contributed by atoms with E-state index >= 15 is 0 Å². The molecule has 0 heteroatoms. The molecule has 18 heavy (non-hydrogen) atoms. The van der Waals surface area contributed by atoms with Gasteiger partial charge in [0.2, 0.25) is 0 Å². The summed E-state index contributed by atoms with van der Waals surface area (Å²) in [5, 5.41) is 2.63. The van der Waals surface area contributed by atoms with Gasteiger partial charge in [0.25, 0.3) is 0 Å². The van der Waals surface area contributed by atoms with Gasteiger partial charge in [0.05, 0.1) is 0 Å². The fourth-order valence-corrected chi connectivity index (χ4v) is 2.41. The third kappa shape index (κ3) is 2.02. The van der Waals surface area contributed by atoms with Gasteiger partial charge >= 0.3 is 0 Å². The molecule has 0 aromatic heterocycles. The van der Waals surface area contributed by atoms with Gasteiger partial charge < -0.3 is 0 Å². The molecular weight excluding hydrogens is 216 g/mol. The lowest BCUT2D eigenvalue weighted by atomic mass is 9.97. The maximum absolute atomic E-state index is 2.30. The van der Waals surface area contributed by atoms with Crippen LogP contribution in [0.4, 0.5) is 0 Å². The molecule has 0 heterocycles. The summed E-state index contributed by atoms with van der Waals surface area (Å²) in [7, 11) is 0. The first-order valence-corrected chi connectivity index (χ1v) is 6.38. The van der Waals surface area contributed by atoms with E-state index < -0.39 is 0 Å². The van der Waals surface area contributed by atoms with Gasteiger partial charge in [0.1, 0.15) is 0 Å². The molecule has 2 aromatic rings. The normalized spacial score (nSPS) is 15.2. The Labute approximate surface area is 108 Å². The topological polar surface area (TPSA) is 0 Å². The van der Waals surface area contributed by atoms with Crippen molar-refractivity contribution in [3.63, 3.8) is 0 Å². The van der Waals surface area contributed by atoms with Crippen molar-refractivity contribution in [2.75, 3.05) is 0 Å². The van der Waals surface area contributed by atoms with E-state index in [2.05, 4.69) is 73.7 Å². The van der Waals surface area contributed by atoms with Crippen LogP contribution in [0.2, 0.25) is 0 Å². The van der Waals surface area contributed by atoms with Crippen molar-refractivity contribution < 1.29 is 0 Å². The smallest absolute Gasteiger partial charge is 0.0106 e. The number of rotatable bonds is 1. The standard InChI is InChI=1S/C18H16/c1-14-6-4-8-16(13-12-14)18-11-5-9-15-7-2-3-10-17(15)18/h2-3,5-13H,4H2,1H3. The van der Waals surface area contributed by atoms with E-state index in [1.54, 1.807) is 0 Å². The summed E-state index contributed by atoms with van der Waals surface area (Å²) >= 11 is 0. The van der Waals surface area contributed by atoms with Gasteiger partial charge in [0.15, 0.2) is 0 Å². The van der Waals surface area contributed by atoms with Gasteiger partial charge in [-0.3, -0.25) is 0 Å². The predicted octanol–water partition coefficient (Wildman–Crippen LogP) is 5.13. The van der Waals surface area contributed by atoms with E-state index in [-0.39, 0.29) is 0 Å². The lowest BCUT2D eigenvalue weighted by molar-refractivity contribution is 1.35. The van der Waals surface area contributed by atoms with E-state index in [1.165, 1.54) is 27.5 Å². The fourth-order valence-electron chi connectivity index (χ4n) is 2.41. The van der Waals surface area contributed by atoms with Crippen LogP contribution in [0, 0.1) is 0 Å². The van der Waals surface area contributed by atoms with Crippen LogP contribution in [0.25, 0.3) is 16.3 Å². The Kier molecular flexibility index (Phi) is 2.85. The Hall–Kier alpha value is -2.08. The van der Waals surface area contributed by atoms with Crippen molar-refractivity contribution in [1.29, 1.82) is 0 Å². The van der Waals surface area contributed by atoms with Gasteiger partial charge in [-0.15, -0.1) is 0 Å². The third-order valence-corrected chi connectivity index (χ3v) is 3.40. The average Bonchev–Trinajstić information content (AvgIpc) is 2.63. The highest BCUT2D eigenvalue weighted by molar-refractivity contribution is 5.96. The van der Waals surface area contributed by atoms with Crippen molar-refractivity contribution in [3.05, 3.63) is 77.9 Å². The molecule has 0 saturated carbocycles. The molecule has 88 valence electrons. The molecule has 0 unspecified atom stereocenters. The Morgan fingerprint density at radius 3 is 2.61 bits per heavy atom. The minimum Gasteiger partial charge on any atom is -0.0778 e. The Bertz CT molecular complexity index is 664. The van der Waals surface area contributed by atoms with Gasteiger partial charge in [-0.25, -0.2) is 0 Å². The van der Waals surface area contributed by atoms with E-state index in [9.17, 15) is 0 Å². The predicted molar refractivity (Wildman–Crippen MR) is 79.4 cm³/mol. The van der Waals surface area contributed by atoms with Crippen LogP contribution in [0.15, 0.2) is 72.3 Å². The number of fused-ring (bicyclic) bond motifs is 1. The Balaban J connectivity index is 2.16. The summed E-state index contributed by atoms with van der Waals surface area (Å²) in [5.41, 5.74) is 3.98. The first-order chi connectivity index (χ1) is 8.84. The maximum Gasteiger partial charge on any atom is -0.0106 e. The second-order valence-corrected chi connectivity index (χ2v) is 4.70. The number of hydrogen-bond acceptors (Lipinski definition) is 0. The number of benzene rings is 2. The Morgan fingerprint density at radius 1 is 0.833 bits per heavy atom. The van der Waals surface area contributed by atoms with Crippen molar-refractivity contribution >= 4 is 16.3 Å². The lowest BCUT2D eigenvalue weighted by Gasteiger charge is -2.07. The summed E-state index contributed by atoms with van der Waals surface area (Å²) in [6.45, 7) is 2.15. The molecule has 0 nitrogen and oxygen atoms in total. The highest BCUT2D eigenvalue weighted by Gasteiger charge is 2.04. The molecule has 0 amide bonds. The minimum absolute atomic E-state index is 1.01. The van der Waals surface area contributed by atoms with E-state index in [1.807, 2.05) is 0 Å². The fraction of sp³-hybridized carbons (Fsp3) is 0.111. The van der Waals surface area contributed by atoms with Crippen molar-refractivity contribution in [1.82, 2.24) is 0 Å². The van der Waals surface area contributed by atoms with Crippen LogP contribution >= 0.6 is 0 Å². The van der Waals surface area contributed by atoms with Crippen molar-refractivity contribution in [2.45, 2.75) is 13.3 Å². The molecule has 3 rings (SSSR count). The second kappa shape index (κ2) is 4.66. The summed E-state index contributed by atoms with van der Waals surface area (Å²) in [4.78, 5) is 0. The molecule has 0 radical (unpaired) electrons. The average molecular weight is 232 g/mol. The zero-order valence-corrected chi connectivity index (χ0v) is 10.6. The van der Waals surface area contributed by atoms with Gasteiger partial charge in [-0.1, -0.05) is 72.3 Å². The molecule has 0 bridgehead atoms. The first-order valence-electron chi connectivity index (χ1n) is 6.38. The van der Waals surface area contributed by atoms with Crippen molar-refractivity contribution in [2.24, 2.45) is 0 Å². The van der Waals surface area contributed by atoms with E-state index in [4.69, 9.17) is 0 Å². The third-order valence-electron chi connectivity index (χ3n) is 3.40. The van der Waals surface area contributed by atoms with Gasteiger partial charge in [-0.05, 0) is 35.3 Å². The van der Waals surface area contributed by atoms with Crippen LogP contribution in [0.5, 0.6) is 0 Å². The first kappa shape index (κ1) is 11.0. The molecule has 0 spiro atoms.